The van der Waals surface area contributed by atoms with Crippen molar-refractivity contribution < 1.29 is 9.50 Å². The highest BCUT2D eigenvalue weighted by atomic mass is 19.1. The molecule has 0 saturated carbocycles. The van der Waals surface area contributed by atoms with E-state index in [1.54, 1.807) is 12.1 Å². The van der Waals surface area contributed by atoms with E-state index in [0.29, 0.717) is 6.54 Å². The fraction of sp³-hybridized carbons (Fsp3) is 0.550. The van der Waals surface area contributed by atoms with Crippen LogP contribution in [0.5, 0.6) is 0 Å². The summed E-state index contributed by atoms with van der Waals surface area (Å²) in [5, 5.41) is 10.6. The lowest BCUT2D eigenvalue weighted by atomic mass is 10.0. The standard InChI is InChI=1S/C20H26FN3O/c1-23-17-6-3-2-5-16(17)22-20(23)18-7-4-12-24(18)13-19(25)14-8-10-15(21)11-9-14/h8-11,18-19,25H,2-7,12-13H2,1H3. The Balaban J connectivity index is 1.53. The molecule has 1 aliphatic heterocycles. The number of nitrogens with zero attached hydrogens (tertiary/aromatic N) is 3. The maximum Gasteiger partial charge on any atom is 0.126 e. The molecule has 4 rings (SSSR count). The Morgan fingerprint density at radius 1 is 1.20 bits per heavy atom. The van der Waals surface area contributed by atoms with Crippen LogP contribution in [0.2, 0.25) is 0 Å². The summed E-state index contributed by atoms with van der Waals surface area (Å²) >= 11 is 0. The van der Waals surface area contributed by atoms with Crippen molar-refractivity contribution in [1.82, 2.24) is 14.5 Å². The molecule has 1 aromatic carbocycles. The van der Waals surface area contributed by atoms with Crippen molar-refractivity contribution in [3.05, 3.63) is 52.9 Å². The molecule has 134 valence electrons. The monoisotopic (exact) mass is 343 g/mol. The summed E-state index contributed by atoms with van der Waals surface area (Å²) in [6.45, 7) is 1.54. The van der Waals surface area contributed by atoms with Crippen LogP contribution in [0.4, 0.5) is 4.39 Å². The maximum absolute atomic E-state index is 13.1. The molecular weight excluding hydrogens is 317 g/mol. The van der Waals surface area contributed by atoms with E-state index < -0.39 is 6.10 Å². The van der Waals surface area contributed by atoms with Gasteiger partial charge in [0.1, 0.15) is 11.6 Å². The molecule has 1 N–H and O–H groups in total. The van der Waals surface area contributed by atoms with Gasteiger partial charge in [0.25, 0.3) is 0 Å². The van der Waals surface area contributed by atoms with Crippen LogP contribution in [0.15, 0.2) is 24.3 Å². The Bertz CT molecular complexity index is 740. The van der Waals surface area contributed by atoms with E-state index in [1.807, 2.05) is 0 Å². The third kappa shape index (κ3) is 3.23. The Morgan fingerprint density at radius 3 is 2.72 bits per heavy atom. The lowest BCUT2D eigenvalue weighted by Crippen LogP contribution is -2.30. The molecule has 25 heavy (non-hydrogen) atoms. The Kier molecular flexibility index (Phi) is 4.61. The quantitative estimate of drug-likeness (QED) is 0.926. The van der Waals surface area contributed by atoms with Gasteiger partial charge < -0.3 is 9.67 Å². The maximum atomic E-state index is 13.1. The van der Waals surface area contributed by atoms with Crippen molar-refractivity contribution in [2.75, 3.05) is 13.1 Å². The second kappa shape index (κ2) is 6.89. The van der Waals surface area contributed by atoms with Crippen LogP contribution < -0.4 is 0 Å². The third-order valence-electron chi connectivity index (χ3n) is 5.73. The number of aliphatic hydroxyl groups is 1. The van der Waals surface area contributed by atoms with E-state index >= 15 is 0 Å². The van der Waals surface area contributed by atoms with Crippen LogP contribution in [0.25, 0.3) is 0 Å². The predicted molar refractivity (Wildman–Crippen MR) is 94.8 cm³/mol. The van der Waals surface area contributed by atoms with Gasteiger partial charge in [-0.3, -0.25) is 4.90 Å². The zero-order chi connectivity index (χ0) is 17.4. The molecule has 1 fully saturated rings. The molecule has 4 nitrogen and oxygen atoms in total. The fourth-order valence-electron chi connectivity index (χ4n) is 4.35. The number of benzene rings is 1. The first kappa shape index (κ1) is 16.7. The molecule has 5 heteroatoms. The van der Waals surface area contributed by atoms with Gasteiger partial charge in [-0.05, 0) is 62.8 Å². The van der Waals surface area contributed by atoms with Crippen LogP contribution in [0, 0.1) is 5.82 Å². The van der Waals surface area contributed by atoms with E-state index in [9.17, 15) is 9.50 Å². The largest absolute Gasteiger partial charge is 0.387 e. The topological polar surface area (TPSA) is 41.3 Å². The van der Waals surface area contributed by atoms with Crippen LogP contribution in [-0.4, -0.2) is 32.6 Å². The van der Waals surface area contributed by atoms with Crippen LogP contribution >= 0.6 is 0 Å². The summed E-state index contributed by atoms with van der Waals surface area (Å²) < 4.78 is 15.4. The minimum Gasteiger partial charge on any atom is -0.387 e. The predicted octanol–water partition coefficient (Wildman–Crippen LogP) is 3.31. The van der Waals surface area contributed by atoms with Gasteiger partial charge in [0.05, 0.1) is 17.8 Å². The summed E-state index contributed by atoms with van der Waals surface area (Å²) in [5.74, 6) is 0.879. The normalized spacial score (nSPS) is 22.1. The summed E-state index contributed by atoms with van der Waals surface area (Å²) in [7, 11) is 2.14. The number of hydrogen-bond acceptors (Lipinski definition) is 3. The molecule has 2 heterocycles. The number of fused-ring (bicyclic) bond motifs is 1. The number of aliphatic hydroxyl groups excluding tert-OH is 1. The van der Waals surface area contributed by atoms with Gasteiger partial charge >= 0.3 is 0 Å². The first-order chi connectivity index (χ1) is 12.1. The summed E-state index contributed by atoms with van der Waals surface area (Å²) in [4.78, 5) is 7.30. The molecule has 2 aromatic rings. The first-order valence-electron chi connectivity index (χ1n) is 9.35. The van der Waals surface area contributed by atoms with Crippen molar-refractivity contribution in [1.29, 1.82) is 0 Å². The van der Waals surface area contributed by atoms with Crippen molar-refractivity contribution in [2.45, 2.75) is 50.7 Å². The summed E-state index contributed by atoms with van der Waals surface area (Å²) in [6, 6.07) is 6.43. The fourth-order valence-corrected chi connectivity index (χ4v) is 4.35. The molecular formula is C20H26FN3O. The van der Waals surface area contributed by atoms with E-state index in [-0.39, 0.29) is 11.9 Å². The Labute approximate surface area is 148 Å². The van der Waals surface area contributed by atoms with Crippen LogP contribution in [-0.2, 0) is 19.9 Å². The van der Waals surface area contributed by atoms with E-state index in [1.165, 1.54) is 36.4 Å². The molecule has 0 bridgehead atoms. The van der Waals surface area contributed by atoms with Gasteiger partial charge in [-0.2, -0.15) is 0 Å². The van der Waals surface area contributed by atoms with E-state index in [4.69, 9.17) is 4.98 Å². The van der Waals surface area contributed by atoms with Crippen molar-refractivity contribution in [3.63, 3.8) is 0 Å². The molecule has 1 aliphatic carbocycles. The molecule has 0 amide bonds. The molecule has 1 saturated heterocycles. The number of likely N-dealkylation sites (tertiary alicyclic amines) is 1. The summed E-state index contributed by atoms with van der Waals surface area (Å²) in [6.07, 6.45) is 6.32. The highest BCUT2D eigenvalue weighted by Gasteiger charge is 2.32. The van der Waals surface area contributed by atoms with Gasteiger partial charge in [0, 0.05) is 19.3 Å². The smallest absolute Gasteiger partial charge is 0.126 e. The van der Waals surface area contributed by atoms with Crippen LogP contribution in [0.3, 0.4) is 0 Å². The Morgan fingerprint density at radius 2 is 1.96 bits per heavy atom. The molecule has 2 atom stereocenters. The van der Waals surface area contributed by atoms with Gasteiger partial charge in [-0.25, -0.2) is 9.37 Å². The van der Waals surface area contributed by atoms with Gasteiger partial charge in [0.2, 0.25) is 0 Å². The number of aryl methyl sites for hydroxylation is 1. The van der Waals surface area contributed by atoms with Crippen molar-refractivity contribution in [2.24, 2.45) is 7.05 Å². The second-order valence-electron chi connectivity index (χ2n) is 7.35. The third-order valence-corrected chi connectivity index (χ3v) is 5.73. The zero-order valence-corrected chi connectivity index (χ0v) is 14.8. The molecule has 2 aliphatic rings. The van der Waals surface area contributed by atoms with Crippen molar-refractivity contribution >= 4 is 0 Å². The van der Waals surface area contributed by atoms with Gasteiger partial charge in [-0.1, -0.05) is 12.1 Å². The zero-order valence-electron chi connectivity index (χ0n) is 14.8. The number of halogens is 1. The number of rotatable bonds is 4. The highest BCUT2D eigenvalue weighted by molar-refractivity contribution is 5.23. The van der Waals surface area contributed by atoms with Crippen molar-refractivity contribution in [3.8, 4) is 0 Å². The molecule has 1 aromatic heterocycles. The Hall–Kier alpha value is -1.72. The minimum atomic E-state index is -0.601. The second-order valence-corrected chi connectivity index (χ2v) is 7.35. The highest BCUT2D eigenvalue weighted by Crippen LogP contribution is 2.35. The number of hydrogen-bond donors (Lipinski definition) is 1. The number of β-amino-alcohol motifs (C(OH)–C–C–N with tert-alkyl or cyclic N) is 1. The lowest BCUT2D eigenvalue weighted by Gasteiger charge is -2.26. The minimum absolute atomic E-state index is 0.269. The molecule has 2 unspecified atom stereocenters. The first-order valence-corrected chi connectivity index (χ1v) is 9.35. The van der Waals surface area contributed by atoms with E-state index in [2.05, 4.69) is 16.5 Å². The van der Waals surface area contributed by atoms with Gasteiger partial charge in [0.15, 0.2) is 0 Å². The SMILES string of the molecule is Cn1c(C2CCCN2CC(O)c2ccc(F)cc2)nc2c1CCCC2. The molecule has 0 radical (unpaired) electrons. The summed E-state index contributed by atoms with van der Waals surface area (Å²) in [5.41, 5.74) is 3.44. The van der Waals surface area contributed by atoms with Gasteiger partial charge in [-0.15, -0.1) is 0 Å². The molecule has 0 spiro atoms. The van der Waals surface area contributed by atoms with E-state index in [0.717, 1.165) is 43.6 Å². The number of imidazole rings is 1. The average Bonchev–Trinajstić information content (AvgIpc) is 3.20. The lowest BCUT2D eigenvalue weighted by molar-refractivity contribution is 0.103. The van der Waals surface area contributed by atoms with Crippen LogP contribution in [0.1, 0.15) is 60.6 Å². The number of aromatic nitrogens is 2. The average molecular weight is 343 g/mol.